The largest absolute Gasteiger partial charge is 0.493 e. The average molecular weight is 434 g/mol. The van der Waals surface area contributed by atoms with Gasteiger partial charge in [-0.05, 0) is 31.2 Å². The minimum atomic E-state index is 0.402. The highest BCUT2D eigenvalue weighted by Crippen LogP contribution is 2.39. The van der Waals surface area contributed by atoms with Crippen molar-refractivity contribution in [2.24, 2.45) is 0 Å². The fourth-order valence-electron chi connectivity index (χ4n) is 4.34. The van der Waals surface area contributed by atoms with Gasteiger partial charge in [-0.3, -0.25) is 10.00 Å². The lowest BCUT2D eigenvalue weighted by molar-refractivity contribution is -0.109. The van der Waals surface area contributed by atoms with Crippen molar-refractivity contribution in [3.63, 3.8) is 0 Å². The first-order valence-corrected chi connectivity index (χ1v) is 11.1. The maximum atomic E-state index is 10.7. The number of ether oxygens (including phenoxy) is 2. The summed E-state index contributed by atoms with van der Waals surface area (Å²) in [5, 5.41) is 6.89. The van der Waals surface area contributed by atoms with Gasteiger partial charge in [0.05, 0.1) is 18.8 Å². The topological polar surface area (TPSA) is 83.6 Å². The highest BCUT2D eigenvalue weighted by Gasteiger charge is 2.26. The fourth-order valence-corrected chi connectivity index (χ4v) is 4.34. The van der Waals surface area contributed by atoms with Gasteiger partial charge in [0.1, 0.15) is 17.8 Å². The SMILES string of the molecule is O=CCN1CCN(CCC2COc3cc(Oc4ccc(-c5ccn[nH]5)cn4)ccc32)CC1. The molecule has 1 aromatic carbocycles. The molecule has 0 amide bonds. The quantitative estimate of drug-likeness (QED) is 0.547. The molecule has 1 unspecified atom stereocenters. The van der Waals surface area contributed by atoms with E-state index in [0.29, 0.717) is 24.9 Å². The highest BCUT2D eigenvalue weighted by molar-refractivity contribution is 5.57. The molecule has 0 spiro atoms. The molecule has 2 aromatic heterocycles. The predicted molar refractivity (Wildman–Crippen MR) is 120 cm³/mol. The van der Waals surface area contributed by atoms with Crippen LogP contribution in [-0.4, -0.2) is 77.1 Å². The zero-order valence-corrected chi connectivity index (χ0v) is 17.9. The van der Waals surface area contributed by atoms with Crippen LogP contribution in [0, 0.1) is 0 Å². The Morgan fingerprint density at radius 3 is 2.75 bits per heavy atom. The van der Waals surface area contributed by atoms with Crippen LogP contribution in [-0.2, 0) is 4.79 Å². The first kappa shape index (κ1) is 20.7. The van der Waals surface area contributed by atoms with Gasteiger partial charge in [0, 0.05) is 67.8 Å². The van der Waals surface area contributed by atoms with E-state index in [1.165, 1.54) is 5.56 Å². The smallest absolute Gasteiger partial charge is 0.219 e. The summed E-state index contributed by atoms with van der Waals surface area (Å²) in [6.45, 7) is 6.28. The second kappa shape index (κ2) is 9.50. The molecule has 1 fully saturated rings. The van der Waals surface area contributed by atoms with Crippen LogP contribution < -0.4 is 9.47 Å². The van der Waals surface area contributed by atoms with Crippen molar-refractivity contribution in [3.8, 4) is 28.6 Å². The van der Waals surface area contributed by atoms with Crippen molar-refractivity contribution in [2.45, 2.75) is 12.3 Å². The highest BCUT2D eigenvalue weighted by atomic mass is 16.5. The number of rotatable bonds is 8. The third kappa shape index (κ3) is 4.66. The van der Waals surface area contributed by atoms with Crippen molar-refractivity contribution in [2.75, 3.05) is 45.9 Å². The van der Waals surface area contributed by atoms with Crippen LogP contribution in [0.25, 0.3) is 11.3 Å². The second-order valence-electron chi connectivity index (χ2n) is 8.26. The van der Waals surface area contributed by atoms with Crippen molar-refractivity contribution < 1.29 is 14.3 Å². The standard InChI is InChI=1S/C24H27N5O3/c30-14-13-29-11-9-28(10-12-29)8-6-19-17-31-23-15-20(2-3-21(19)23)32-24-4-1-18(16-25-24)22-5-7-26-27-22/h1-5,7,14-16,19H,6,8-13,17H2,(H,26,27). The Bertz CT molecular complexity index is 1030. The van der Waals surface area contributed by atoms with Crippen LogP contribution in [0.2, 0.25) is 0 Å². The molecular weight excluding hydrogens is 406 g/mol. The third-order valence-electron chi connectivity index (χ3n) is 6.23. The molecule has 2 aliphatic heterocycles. The third-order valence-corrected chi connectivity index (χ3v) is 6.23. The van der Waals surface area contributed by atoms with Crippen molar-refractivity contribution in [1.29, 1.82) is 0 Å². The number of H-pyrrole nitrogens is 1. The van der Waals surface area contributed by atoms with E-state index in [4.69, 9.17) is 9.47 Å². The number of fused-ring (bicyclic) bond motifs is 1. The van der Waals surface area contributed by atoms with Gasteiger partial charge < -0.3 is 19.2 Å². The van der Waals surface area contributed by atoms with Gasteiger partial charge >= 0.3 is 0 Å². The number of nitrogens with zero attached hydrogens (tertiary/aromatic N) is 4. The van der Waals surface area contributed by atoms with E-state index < -0.39 is 0 Å². The lowest BCUT2D eigenvalue weighted by Gasteiger charge is -2.34. The average Bonchev–Trinajstić information content (AvgIpc) is 3.50. The molecule has 8 heteroatoms. The molecule has 3 aromatic rings. The summed E-state index contributed by atoms with van der Waals surface area (Å²) in [6, 6.07) is 11.8. The zero-order chi connectivity index (χ0) is 21.8. The summed E-state index contributed by atoms with van der Waals surface area (Å²) in [5.74, 6) is 2.56. The summed E-state index contributed by atoms with van der Waals surface area (Å²) in [4.78, 5) is 19.8. The van der Waals surface area contributed by atoms with Crippen molar-refractivity contribution >= 4 is 6.29 Å². The first-order chi connectivity index (χ1) is 15.8. The number of hydrogen-bond acceptors (Lipinski definition) is 7. The number of aromatic amines is 1. The number of aldehydes is 1. The molecule has 0 saturated carbocycles. The molecular formula is C24H27N5O3. The van der Waals surface area contributed by atoms with E-state index in [1.54, 1.807) is 12.4 Å². The predicted octanol–water partition coefficient (Wildman–Crippen LogP) is 2.95. The van der Waals surface area contributed by atoms with E-state index in [2.05, 4.69) is 31.0 Å². The number of pyridine rings is 1. The van der Waals surface area contributed by atoms with Gasteiger partial charge in [-0.2, -0.15) is 5.10 Å². The Morgan fingerprint density at radius 1 is 1.12 bits per heavy atom. The Hall–Kier alpha value is -3.23. The number of piperazine rings is 1. The molecule has 32 heavy (non-hydrogen) atoms. The van der Waals surface area contributed by atoms with E-state index in [-0.39, 0.29) is 0 Å². The Kier molecular flexibility index (Phi) is 6.13. The number of carbonyl (C=O) groups excluding carboxylic acids is 1. The molecule has 5 rings (SSSR count). The summed E-state index contributed by atoms with van der Waals surface area (Å²) in [5.41, 5.74) is 3.13. The molecule has 0 aliphatic carbocycles. The van der Waals surface area contributed by atoms with Crippen LogP contribution >= 0.6 is 0 Å². The summed E-state index contributed by atoms with van der Waals surface area (Å²) >= 11 is 0. The van der Waals surface area contributed by atoms with E-state index in [1.807, 2.05) is 30.3 Å². The van der Waals surface area contributed by atoms with Crippen LogP contribution in [0.5, 0.6) is 17.4 Å². The molecule has 1 N–H and O–H groups in total. The Balaban J connectivity index is 1.16. The van der Waals surface area contributed by atoms with Gasteiger partial charge in [-0.1, -0.05) is 6.07 Å². The molecule has 0 bridgehead atoms. The van der Waals surface area contributed by atoms with Crippen LogP contribution in [0.1, 0.15) is 17.9 Å². The maximum Gasteiger partial charge on any atom is 0.219 e. The number of nitrogens with one attached hydrogen (secondary N) is 1. The van der Waals surface area contributed by atoms with Crippen LogP contribution in [0.3, 0.4) is 0 Å². The number of carbonyl (C=O) groups is 1. The van der Waals surface area contributed by atoms with Crippen molar-refractivity contribution in [1.82, 2.24) is 25.0 Å². The van der Waals surface area contributed by atoms with Gasteiger partial charge in [0.15, 0.2) is 0 Å². The molecule has 8 nitrogen and oxygen atoms in total. The van der Waals surface area contributed by atoms with Gasteiger partial charge in [0.25, 0.3) is 0 Å². The fraction of sp³-hybridized carbons (Fsp3) is 0.375. The van der Waals surface area contributed by atoms with Gasteiger partial charge in [-0.25, -0.2) is 4.98 Å². The molecule has 1 atom stereocenters. The lowest BCUT2D eigenvalue weighted by Crippen LogP contribution is -2.47. The van der Waals surface area contributed by atoms with Crippen molar-refractivity contribution in [3.05, 3.63) is 54.4 Å². The lowest BCUT2D eigenvalue weighted by atomic mass is 9.97. The van der Waals surface area contributed by atoms with Gasteiger partial charge in [0.2, 0.25) is 5.88 Å². The van der Waals surface area contributed by atoms with Crippen LogP contribution in [0.4, 0.5) is 0 Å². The number of aromatic nitrogens is 3. The molecule has 2 aliphatic rings. The molecule has 1 saturated heterocycles. The molecule has 0 radical (unpaired) electrons. The van der Waals surface area contributed by atoms with E-state index in [9.17, 15) is 4.79 Å². The number of hydrogen-bond donors (Lipinski definition) is 1. The summed E-state index contributed by atoms with van der Waals surface area (Å²) in [7, 11) is 0. The molecule has 4 heterocycles. The Labute approximate surface area is 187 Å². The van der Waals surface area contributed by atoms with Crippen LogP contribution in [0.15, 0.2) is 48.8 Å². The minimum absolute atomic E-state index is 0.402. The summed E-state index contributed by atoms with van der Waals surface area (Å²) in [6.07, 6.45) is 5.54. The normalized spacial score (nSPS) is 18.8. The second-order valence-corrected chi connectivity index (χ2v) is 8.26. The van der Waals surface area contributed by atoms with E-state index in [0.717, 1.165) is 68.2 Å². The zero-order valence-electron chi connectivity index (χ0n) is 17.9. The van der Waals surface area contributed by atoms with E-state index >= 15 is 0 Å². The minimum Gasteiger partial charge on any atom is -0.493 e. The van der Waals surface area contributed by atoms with Gasteiger partial charge in [-0.15, -0.1) is 0 Å². The maximum absolute atomic E-state index is 10.7. The Morgan fingerprint density at radius 2 is 2.00 bits per heavy atom. The summed E-state index contributed by atoms with van der Waals surface area (Å²) < 4.78 is 11.9. The number of benzene rings is 1. The first-order valence-electron chi connectivity index (χ1n) is 11.1. The monoisotopic (exact) mass is 433 g/mol. The molecule has 166 valence electrons.